The molecule has 88 valence electrons. The van der Waals surface area contributed by atoms with Gasteiger partial charge in [0.2, 0.25) is 0 Å². The van der Waals surface area contributed by atoms with Crippen molar-refractivity contribution in [3.8, 4) is 0 Å². The molecule has 18 heavy (non-hydrogen) atoms. The molecule has 0 aliphatic rings. The third-order valence-electron chi connectivity index (χ3n) is 2.77. The summed E-state index contributed by atoms with van der Waals surface area (Å²) in [4.78, 5) is 11.9. The van der Waals surface area contributed by atoms with Crippen LogP contribution in [0.1, 0.15) is 10.5 Å². The summed E-state index contributed by atoms with van der Waals surface area (Å²) in [5.41, 5.74) is 1.17. The molecule has 3 rings (SSSR count). The number of benzene rings is 2. The van der Waals surface area contributed by atoms with E-state index in [1.807, 2.05) is 42.5 Å². The van der Waals surface area contributed by atoms with Gasteiger partial charge in [0.15, 0.2) is 0 Å². The number of anilines is 1. The van der Waals surface area contributed by atoms with Crippen molar-refractivity contribution in [2.24, 2.45) is 0 Å². The van der Waals surface area contributed by atoms with E-state index in [1.54, 1.807) is 12.3 Å². The number of aromatic amines is 1. The highest BCUT2D eigenvalue weighted by Gasteiger charge is 2.09. The normalized spacial score (nSPS) is 10.4. The third-order valence-corrected chi connectivity index (χ3v) is 2.77. The molecule has 0 spiro atoms. The maximum atomic E-state index is 11.9. The Balaban J connectivity index is 1.98. The molecule has 3 aromatic rings. The van der Waals surface area contributed by atoms with Crippen molar-refractivity contribution >= 4 is 22.4 Å². The van der Waals surface area contributed by atoms with E-state index in [0.717, 1.165) is 16.5 Å². The second-order valence-corrected chi connectivity index (χ2v) is 3.94. The first-order valence-corrected chi connectivity index (χ1v) is 5.63. The fraction of sp³-hybridized carbons (Fsp3) is 0. The molecule has 0 radical (unpaired) electrons. The van der Waals surface area contributed by atoms with E-state index in [-0.39, 0.29) is 5.91 Å². The Hall–Kier alpha value is -2.62. The zero-order valence-corrected chi connectivity index (χ0v) is 9.55. The summed E-state index contributed by atoms with van der Waals surface area (Å²) in [6.07, 6.45) is 1.62. The summed E-state index contributed by atoms with van der Waals surface area (Å²) in [5, 5.41) is 11.5. The van der Waals surface area contributed by atoms with Gasteiger partial charge in [0.05, 0.1) is 0 Å². The van der Waals surface area contributed by atoms with Gasteiger partial charge in [-0.05, 0) is 17.5 Å². The molecule has 0 atom stereocenters. The van der Waals surface area contributed by atoms with Crippen molar-refractivity contribution in [3.05, 3.63) is 60.4 Å². The highest BCUT2D eigenvalue weighted by atomic mass is 16.1. The first-order chi connectivity index (χ1) is 8.84. The van der Waals surface area contributed by atoms with Crippen LogP contribution in [-0.4, -0.2) is 16.1 Å². The van der Waals surface area contributed by atoms with Gasteiger partial charge in [-0.1, -0.05) is 36.4 Å². The summed E-state index contributed by atoms with van der Waals surface area (Å²) in [5.74, 6) is -0.215. The van der Waals surface area contributed by atoms with Crippen LogP contribution in [0, 0.1) is 0 Å². The van der Waals surface area contributed by atoms with Gasteiger partial charge >= 0.3 is 0 Å². The summed E-state index contributed by atoms with van der Waals surface area (Å²) in [6, 6.07) is 15.4. The lowest BCUT2D eigenvalue weighted by Gasteiger charge is -2.07. The van der Waals surface area contributed by atoms with Crippen LogP contribution in [-0.2, 0) is 0 Å². The first kappa shape index (κ1) is 10.5. The average molecular weight is 237 g/mol. The predicted octanol–water partition coefficient (Wildman–Crippen LogP) is 2.82. The van der Waals surface area contributed by atoms with Crippen molar-refractivity contribution in [3.63, 3.8) is 0 Å². The van der Waals surface area contributed by atoms with Crippen molar-refractivity contribution < 1.29 is 4.79 Å². The molecule has 2 N–H and O–H groups in total. The van der Waals surface area contributed by atoms with Crippen LogP contribution in [0.15, 0.2) is 54.7 Å². The van der Waals surface area contributed by atoms with Gasteiger partial charge in [-0.2, -0.15) is 5.10 Å². The smallest absolute Gasteiger partial charge is 0.276 e. The Kier molecular flexibility index (Phi) is 2.53. The van der Waals surface area contributed by atoms with Crippen LogP contribution >= 0.6 is 0 Å². The van der Waals surface area contributed by atoms with Crippen molar-refractivity contribution in [1.82, 2.24) is 10.2 Å². The van der Waals surface area contributed by atoms with Crippen LogP contribution in [0.4, 0.5) is 5.69 Å². The van der Waals surface area contributed by atoms with E-state index in [2.05, 4.69) is 15.5 Å². The Morgan fingerprint density at radius 1 is 1.06 bits per heavy atom. The van der Waals surface area contributed by atoms with E-state index in [0.29, 0.717) is 5.69 Å². The zero-order chi connectivity index (χ0) is 12.4. The minimum absolute atomic E-state index is 0.215. The largest absolute Gasteiger partial charge is 0.320 e. The summed E-state index contributed by atoms with van der Waals surface area (Å²) in [6.45, 7) is 0. The number of carbonyl (C=O) groups is 1. The molecule has 1 heterocycles. The SMILES string of the molecule is O=C(Nc1cccc2ccccc12)c1cc[nH]n1. The lowest BCUT2D eigenvalue weighted by Crippen LogP contribution is -2.12. The molecule has 0 fully saturated rings. The number of amides is 1. The number of nitrogens with one attached hydrogen (secondary N) is 2. The molecule has 2 aromatic carbocycles. The van der Waals surface area contributed by atoms with Gasteiger partial charge in [0.1, 0.15) is 5.69 Å². The maximum Gasteiger partial charge on any atom is 0.276 e. The predicted molar refractivity (Wildman–Crippen MR) is 70.5 cm³/mol. The number of nitrogens with zero attached hydrogens (tertiary/aromatic N) is 1. The molecule has 0 saturated heterocycles. The maximum absolute atomic E-state index is 11.9. The molecule has 0 aliphatic carbocycles. The van der Waals surface area contributed by atoms with Gasteiger partial charge in [0, 0.05) is 17.3 Å². The van der Waals surface area contributed by atoms with Crippen LogP contribution in [0.2, 0.25) is 0 Å². The molecule has 1 amide bonds. The molecule has 0 aliphatic heterocycles. The van der Waals surface area contributed by atoms with Crippen LogP contribution < -0.4 is 5.32 Å². The number of hydrogen-bond donors (Lipinski definition) is 2. The molecular weight excluding hydrogens is 226 g/mol. The second-order valence-electron chi connectivity index (χ2n) is 3.94. The standard InChI is InChI=1S/C14H11N3O/c18-14(13-8-9-15-17-13)16-12-7-3-5-10-4-1-2-6-11(10)12/h1-9H,(H,15,17)(H,16,18). The van der Waals surface area contributed by atoms with Gasteiger partial charge < -0.3 is 5.32 Å². The van der Waals surface area contributed by atoms with Crippen LogP contribution in [0.25, 0.3) is 10.8 Å². The number of carbonyl (C=O) groups excluding carboxylic acids is 1. The van der Waals surface area contributed by atoms with E-state index in [1.165, 1.54) is 0 Å². The van der Waals surface area contributed by atoms with Crippen molar-refractivity contribution in [2.75, 3.05) is 5.32 Å². The molecular formula is C14H11N3O. The second kappa shape index (κ2) is 4.33. The highest BCUT2D eigenvalue weighted by Crippen LogP contribution is 2.23. The number of rotatable bonds is 2. The van der Waals surface area contributed by atoms with E-state index < -0.39 is 0 Å². The molecule has 0 bridgehead atoms. The van der Waals surface area contributed by atoms with Gasteiger partial charge in [-0.25, -0.2) is 0 Å². The van der Waals surface area contributed by atoms with E-state index >= 15 is 0 Å². The molecule has 4 nitrogen and oxygen atoms in total. The fourth-order valence-electron chi connectivity index (χ4n) is 1.91. The highest BCUT2D eigenvalue weighted by molar-refractivity contribution is 6.08. The van der Waals surface area contributed by atoms with E-state index in [4.69, 9.17) is 0 Å². The number of H-pyrrole nitrogens is 1. The van der Waals surface area contributed by atoms with Crippen molar-refractivity contribution in [2.45, 2.75) is 0 Å². The average Bonchev–Trinajstić information content (AvgIpc) is 2.93. The molecule has 1 aromatic heterocycles. The Morgan fingerprint density at radius 3 is 2.72 bits per heavy atom. The third kappa shape index (κ3) is 1.84. The monoisotopic (exact) mass is 237 g/mol. The topological polar surface area (TPSA) is 57.8 Å². The van der Waals surface area contributed by atoms with Gasteiger partial charge in [0.25, 0.3) is 5.91 Å². The Bertz CT molecular complexity index is 684. The summed E-state index contributed by atoms with van der Waals surface area (Å²) in [7, 11) is 0. The Labute approximate surface area is 104 Å². The molecule has 4 heteroatoms. The lowest BCUT2D eigenvalue weighted by atomic mass is 10.1. The van der Waals surface area contributed by atoms with Gasteiger partial charge in [-0.15, -0.1) is 0 Å². The molecule has 0 unspecified atom stereocenters. The lowest BCUT2D eigenvalue weighted by molar-refractivity contribution is 0.102. The van der Waals surface area contributed by atoms with Crippen LogP contribution in [0.5, 0.6) is 0 Å². The number of aromatic nitrogens is 2. The fourth-order valence-corrected chi connectivity index (χ4v) is 1.91. The van der Waals surface area contributed by atoms with Gasteiger partial charge in [-0.3, -0.25) is 9.89 Å². The quantitative estimate of drug-likeness (QED) is 0.720. The molecule has 0 saturated carbocycles. The minimum atomic E-state index is -0.215. The first-order valence-electron chi connectivity index (χ1n) is 5.63. The van der Waals surface area contributed by atoms with Crippen LogP contribution in [0.3, 0.4) is 0 Å². The minimum Gasteiger partial charge on any atom is -0.320 e. The Morgan fingerprint density at radius 2 is 1.89 bits per heavy atom. The summed E-state index contributed by atoms with van der Waals surface area (Å²) < 4.78 is 0. The van der Waals surface area contributed by atoms with Crippen molar-refractivity contribution in [1.29, 1.82) is 0 Å². The number of fused-ring (bicyclic) bond motifs is 1. The van der Waals surface area contributed by atoms with E-state index in [9.17, 15) is 4.79 Å². The summed E-state index contributed by atoms with van der Waals surface area (Å²) >= 11 is 0. The zero-order valence-electron chi connectivity index (χ0n) is 9.55. The number of hydrogen-bond acceptors (Lipinski definition) is 2.